The molecular weight excluding hydrogens is 332 g/mol. The van der Waals surface area contributed by atoms with Crippen LogP contribution in [-0.2, 0) is 9.53 Å². The quantitative estimate of drug-likeness (QED) is 0.830. The Morgan fingerprint density at radius 3 is 2.77 bits per heavy atom. The van der Waals surface area contributed by atoms with Crippen molar-refractivity contribution in [3.05, 3.63) is 53.9 Å². The van der Waals surface area contributed by atoms with Crippen LogP contribution in [0.5, 0.6) is 0 Å². The van der Waals surface area contributed by atoms with E-state index in [1.54, 1.807) is 12.3 Å². The highest BCUT2D eigenvalue weighted by Crippen LogP contribution is 2.21. The second kappa shape index (κ2) is 7.95. The van der Waals surface area contributed by atoms with Crippen molar-refractivity contribution in [1.29, 1.82) is 0 Å². The summed E-state index contributed by atoms with van der Waals surface area (Å²) in [5.74, 6) is -0.294. The molecule has 1 aromatic heterocycles. The van der Waals surface area contributed by atoms with Crippen molar-refractivity contribution in [3.8, 4) is 0 Å². The number of benzene rings is 1. The van der Waals surface area contributed by atoms with Crippen molar-refractivity contribution in [2.75, 3.05) is 19.0 Å². The van der Waals surface area contributed by atoms with Crippen LogP contribution in [0.2, 0.25) is 0 Å². The maximum atomic E-state index is 12.8. The summed E-state index contributed by atoms with van der Waals surface area (Å²) in [5, 5.41) is 3.20. The van der Waals surface area contributed by atoms with E-state index < -0.39 is 6.04 Å². The number of aromatic nitrogens is 2. The minimum atomic E-state index is -0.540. The van der Waals surface area contributed by atoms with Crippen molar-refractivity contribution in [2.24, 2.45) is 0 Å². The molecule has 136 valence electrons. The van der Waals surface area contributed by atoms with Crippen LogP contribution in [0.15, 0.2) is 42.6 Å². The number of methoxy groups -OCH3 is 1. The fourth-order valence-corrected chi connectivity index (χ4v) is 3.10. The summed E-state index contributed by atoms with van der Waals surface area (Å²) in [6.45, 7) is 2.52. The predicted molar refractivity (Wildman–Crippen MR) is 96.6 cm³/mol. The molecule has 1 aliphatic heterocycles. The van der Waals surface area contributed by atoms with Gasteiger partial charge in [0.05, 0.1) is 13.2 Å². The molecule has 1 N–H and O–H groups in total. The number of hydrogen-bond acceptors (Lipinski definition) is 6. The van der Waals surface area contributed by atoms with Crippen LogP contribution in [0.3, 0.4) is 0 Å². The van der Waals surface area contributed by atoms with Crippen molar-refractivity contribution >= 4 is 17.8 Å². The van der Waals surface area contributed by atoms with Gasteiger partial charge in [-0.1, -0.05) is 30.3 Å². The van der Waals surface area contributed by atoms with Gasteiger partial charge in [0.15, 0.2) is 0 Å². The number of anilines is 1. The molecule has 2 heterocycles. The minimum Gasteiger partial charge on any atom is -0.467 e. The van der Waals surface area contributed by atoms with Crippen LogP contribution in [0, 0.1) is 0 Å². The SMILES string of the molecule is COC(=O)[C@@H]1CCCN1C(=O)c1ccnc(N[C@@H](C)c2ccccc2)n1. The molecule has 0 bridgehead atoms. The molecular formula is C19H22N4O3. The zero-order valence-corrected chi connectivity index (χ0v) is 14.9. The van der Waals surface area contributed by atoms with Gasteiger partial charge in [0.25, 0.3) is 5.91 Å². The van der Waals surface area contributed by atoms with Gasteiger partial charge in [-0.05, 0) is 31.4 Å². The van der Waals surface area contributed by atoms with Crippen molar-refractivity contribution in [1.82, 2.24) is 14.9 Å². The van der Waals surface area contributed by atoms with Gasteiger partial charge in [-0.2, -0.15) is 0 Å². The maximum Gasteiger partial charge on any atom is 0.328 e. The number of nitrogens with zero attached hydrogens (tertiary/aromatic N) is 3. The fraction of sp³-hybridized carbons (Fsp3) is 0.368. The molecule has 7 heteroatoms. The van der Waals surface area contributed by atoms with Gasteiger partial charge in [-0.25, -0.2) is 14.8 Å². The van der Waals surface area contributed by atoms with Gasteiger partial charge >= 0.3 is 5.97 Å². The van der Waals surface area contributed by atoms with Crippen LogP contribution < -0.4 is 5.32 Å². The topological polar surface area (TPSA) is 84.4 Å². The molecule has 0 spiro atoms. The summed E-state index contributed by atoms with van der Waals surface area (Å²) < 4.78 is 4.80. The summed E-state index contributed by atoms with van der Waals surface area (Å²) in [4.78, 5) is 34.7. The van der Waals surface area contributed by atoms with E-state index in [1.165, 1.54) is 12.0 Å². The Balaban J connectivity index is 1.74. The number of hydrogen-bond donors (Lipinski definition) is 1. The third-order valence-corrected chi connectivity index (χ3v) is 4.51. The number of ether oxygens (including phenoxy) is 1. The Kier molecular flexibility index (Phi) is 5.46. The number of carbonyl (C=O) groups excluding carboxylic acids is 2. The van der Waals surface area contributed by atoms with Gasteiger partial charge in [-0.3, -0.25) is 4.79 Å². The van der Waals surface area contributed by atoms with E-state index in [9.17, 15) is 9.59 Å². The molecule has 2 atom stereocenters. The van der Waals surface area contributed by atoms with Crippen LogP contribution in [0.25, 0.3) is 0 Å². The third kappa shape index (κ3) is 3.82. The number of esters is 1. The molecule has 0 aliphatic carbocycles. The maximum absolute atomic E-state index is 12.8. The summed E-state index contributed by atoms with van der Waals surface area (Å²) in [6.07, 6.45) is 2.93. The molecule has 1 saturated heterocycles. The first-order chi connectivity index (χ1) is 12.6. The highest BCUT2D eigenvalue weighted by Gasteiger charge is 2.35. The Bertz CT molecular complexity index is 781. The van der Waals surface area contributed by atoms with E-state index in [1.807, 2.05) is 37.3 Å². The normalized spacial score (nSPS) is 17.6. The van der Waals surface area contributed by atoms with Crippen molar-refractivity contribution in [3.63, 3.8) is 0 Å². The largest absolute Gasteiger partial charge is 0.467 e. The minimum absolute atomic E-state index is 0.00356. The highest BCUT2D eigenvalue weighted by atomic mass is 16.5. The molecule has 0 saturated carbocycles. The van der Waals surface area contributed by atoms with Gasteiger partial charge < -0.3 is 15.0 Å². The van der Waals surface area contributed by atoms with Gasteiger partial charge in [0, 0.05) is 12.7 Å². The Morgan fingerprint density at radius 2 is 2.04 bits per heavy atom. The zero-order valence-electron chi connectivity index (χ0n) is 14.9. The lowest BCUT2D eigenvalue weighted by Crippen LogP contribution is -2.41. The Morgan fingerprint density at radius 1 is 1.27 bits per heavy atom. The molecule has 1 aromatic carbocycles. The van der Waals surface area contributed by atoms with E-state index in [2.05, 4.69) is 15.3 Å². The lowest BCUT2D eigenvalue weighted by Gasteiger charge is -2.22. The van der Waals surface area contributed by atoms with Crippen LogP contribution in [-0.4, -0.2) is 46.4 Å². The molecule has 7 nitrogen and oxygen atoms in total. The molecule has 1 amide bonds. The molecule has 26 heavy (non-hydrogen) atoms. The average Bonchev–Trinajstić information content (AvgIpc) is 3.17. The van der Waals surface area contributed by atoms with Crippen molar-refractivity contribution in [2.45, 2.75) is 31.8 Å². The first-order valence-corrected chi connectivity index (χ1v) is 8.63. The van der Waals surface area contributed by atoms with E-state index in [0.29, 0.717) is 18.9 Å². The van der Waals surface area contributed by atoms with Gasteiger partial charge in [-0.15, -0.1) is 0 Å². The number of carbonyl (C=O) groups is 2. The molecule has 3 rings (SSSR count). The molecule has 2 aromatic rings. The monoisotopic (exact) mass is 354 g/mol. The molecule has 1 fully saturated rings. The predicted octanol–water partition coefficient (Wildman–Crippen LogP) is 2.43. The second-order valence-corrected chi connectivity index (χ2v) is 6.22. The third-order valence-electron chi connectivity index (χ3n) is 4.51. The van der Waals surface area contributed by atoms with E-state index in [0.717, 1.165) is 12.0 Å². The second-order valence-electron chi connectivity index (χ2n) is 6.22. The van der Waals surface area contributed by atoms with Crippen LogP contribution in [0.4, 0.5) is 5.95 Å². The van der Waals surface area contributed by atoms with Gasteiger partial charge in [0.2, 0.25) is 5.95 Å². The van der Waals surface area contributed by atoms with Crippen LogP contribution in [0.1, 0.15) is 41.9 Å². The summed E-state index contributed by atoms with van der Waals surface area (Å²) >= 11 is 0. The number of amides is 1. The highest BCUT2D eigenvalue weighted by molar-refractivity contribution is 5.95. The number of rotatable bonds is 5. The average molecular weight is 354 g/mol. The first-order valence-electron chi connectivity index (χ1n) is 8.63. The van der Waals surface area contributed by atoms with Crippen LogP contribution >= 0.6 is 0 Å². The zero-order chi connectivity index (χ0) is 18.5. The van der Waals surface area contributed by atoms with Gasteiger partial charge in [0.1, 0.15) is 11.7 Å². The first kappa shape index (κ1) is 17.8. The number of nitrogens with one attached hydrogen (secondary N) is 1. The lowest BCUT2D eigenvalue weighted by molar-refractivity contribution is -0.145. The van der Waals surface area contributed by atoms with E-state index >= 15 is 0 Å². The fourth-order valence-electron chi connectivity index (χ4n) is 3.10. The molecule has 0 unspecified atom stereocenters. The molecule has 1 aliphatic rings. The molecule has 0 radical (unpaired) electrons. The van der Waals surface area contributed by atoms with E-state index in [4.69, 9.17) is 4.74 Å². The standard InChI is InChI=1S/C19H22N4O3/c1-13(14-7-4-3-5-8-14)21-19-20-11-10-15(22-19)17(24)23-12-6-9-16(23)18(25)26-2/h3-5,7-8,10-11,13,16H,6,9,12H2,1-2H3,(H,20,21,22)/t13-,16-/m0/s1. The summed E-state index contributed by atoms with van der Waals surface area (Å²) in [6, 6.07) is 10.9. The van der Waals surface area contributed by atoms with Crippen molar-refractivity contribution < 1.29 is 14.3 Å². The Hall–Kier alpha value is -2.96. The lowest BCUT2D eigenvalue weighted by atomic mass is 10.1. The summed E-state index contributed by atoms with van der Waals surface area (Å²) in [7, 11) is 1.33. The smallest absolute Gasteiger partial charge is 0.328 e. The number of likely N-dealkylation sites (tertiary alicyclic amines) is 1. The van der Waals surface area contributed by atoms with E-state index in [-0.39, 0.29) is 23.6 Å². The Labute approximate surface area is 152 Å². The summed E-state index contributed by atoms with van der Waals surface area (Å²) in [5.41, 5.74) is 1.36.